The van der Waals surface area contributed by atoms with Crippen molar-refractivity contribution in [1.29, 1.82) is 0 Å². The van der Waals surface area contributed by atoms with Crippen LogP contribution in [0.5, 0.6) is 5.75 Å². The van der Waals surface area contributed by atoms with Gasteiger partial charge < -0.3 is 15.6 Å². The maximum Gasteiger partial charge on any atom is 0.320 e. The fraction of sp³-hybridized carbons (Fsp3) is 0.353. The first-order valence-corrected chi connectivity index (χ1v) is 7.51. The average molecular weight is 332 g/mol. The van der Waals surface area contributed by atoms with Crippen molar-refractivity contribution in [1.82, 2.24) is 0 Å². The van der Waals surface area contributed by atoms with Gasteiger partial charge in [-0.15, -0.1) is 0 Å². The van der Waals surface area contributed by atoms with Crippen LogP contribution in [-0.4, -0.2) is 34.7 Å². The number of allylic oxidation sites excluding steroid dienone is 2. The number of rotatable bonds is 7. The zero-order chi connectivity index (χ0) is 17.7. The molecule has 1 aromatic rings. The molecule has 0 aliphatic heterocycles. The molecule has 1 unspecified atom stereocenters. The van der Waals surface area contributed by atoms with Crippen LogP contribution in [0.3, 0.4) is 0 Å². The molecule has 0 spiro atoms. The number of benzene rings is 1. The predicted molar refractivity (Wildman–Crippen MR) is 88.4 cm³/mol. The predicted octanol–water partition coefficient (Wildman–Crippen LogP) is 1.80. The molecule has 1 aliphatic rings. The lowest BCUT2D eigenvalue weighted by molar-refractivity contribution is -0.540. The zero-order valence-corrected chi connectivity index (χ0v) is 13.3. The molecule has 1 aliphatic carbocycles. The minimum Gasteiger partial charge on any atom is -0.496 e. The highest BCUT2D eigenvalue weighted by molar-refractivity contribution is 5.73. The Morgan fingerprint density at radius 2 is 2.04 bits per heavy atom. The summed E-state index contributed by atoms with van der Waals surface area (Å²) >= 11 is 0. The largest absolute Gasteiger partial charge is 0.496 e. The monoisotopic (exact) mass is 332 g/mol. The van der Waals surface area contributed by atoms with Crippen LogP contribution in [0.4, 0.5) is 0 Å². The fourth-order valence-corrected chi connectivity index (χ4v) is 2.71. The summed E-state index contributed by atoms with van der Waals surface area (Å²) in [6.07, 6.45) is 6.68. The molecule has 2 rings (SSSR count). The van der Waals surface area contributed by atoms with Gasteiger partial charge in [0.2, 0.25) is 0 Å². The Morgan fingerprint density at radius 3 is 2.58 bits per heavy atom. The number of para-hydroxylation sites is 1. The van der Waals surface area contributed by atoms with Crippen molar-refractivity contribution in [2.24, 2.45) is 11.7 Å². The van der Waals surface area contributed by atoms with E-state index in [1.807, 2.05) is 0 Å². The molecule has 0 bridgehead atoms. The summed E-state index contributed by atoms with van der Waals surface area (Å²) < 4.78 is 5.26. The van der Waals surface area contributed by atoms with Crippen LogP contribution in [-0.2, 0) is 11.2 Å². The van der Waals surface area contributed by atoms with Gasteiger partial charge in [0.1, 0.15) is 11.8 Å². The molecule has 7 heteroatoms. The van der Waals surface area contributed by atoms with Crippen LogP contribution in [0, 0.1) is 16.0 Å². The first-order chi connectivity index (χ1) is 11.4. The van der Waals surface area contributed by atoms with E-state index in [0.717, 1.165) is 5.56 Å². The summed E-state index contributed by atoms with van der Waals surface area (Å²) in [5.74, 6) is -0.727. The second kappa shape index (κ2) is 7.27. The van der Waals surface area contributed by atoms with E-state index in [0.29, 0.717) is 5.75 Å². The first kappa shape index (κ1) is 17.7. The zero-order valence-electron chi connectivity index (χ0n) is 13.3. The molecule has 0 saturated heterocycles. The van der Waals surface area contributed by atoms with E-state index in [9.17, 15) is 14.9 Å². The third-order valence-corrected chi connectivity index (χ3v) is 4.11. The topological polar surface area (TPSA) is 116 Å². The van der Waals surface area contributed by atoms with E-state index >= 15 is 0 Å². The molecule has 0 heterocycles. The Hall–Kier alpha value is -2.67. The quantitative estimate of drug-likeness (QED) is 0.447. The van der Waals surface area contributed by atoms with E-state index in [2.05, 4.69) is 0 Å². The minimum absolute atomic E-state index is 0.148. The summed E-state index contributed by atoms with van der Waals surface area (Å²) in [4.78, 5) is 22.1. The molecule has 24 heavy (non-hydrogen) atoms. The minimum atomic E-state index is -1.38. The van der Waals surface area contributed by atoms with Gasteiger partial charge in [0, 0.05) is 10.5 Å². The lowest BCUT2D eigenvalue weighted by Crippen LogP contribution is -2.39. The average Bonchev–Trinajstić information content (AvgIpc) is 2.57. The van der Waals surface area contributed by atoms with Gasteiger partial charge in [-0.05, 0) is 30.6 Å². The van der Waals surface area contributed by atoms with Gasteiger partial charge in [-0.3, -0.25) is 14.9 Å². The Morgan fingerprint density at radius 1 is 1.42 bits per heavy atom. The molecule has 0 saturated carbocycles. The van der Waals surface area contributed by atoms with Crippen molar-refractivity contribution in [3.05, 3.63) is 64.2 Å². The van der Waals surface area contributed by atoms with Crippen molar-refractivity contribution in [2.75, 3.05) is 7.11 Å². The van der Waals surface area contributed by atoms with Gasteiger partial charge in [-0.1, -0.05) is 30.4 Å². The van der Waals surface area contributed by atoms with Crippen LogP contribution in [0.25, 0.3) is 0 Å². The Balaban J connectivity index is 2.21. The van der Waals surface area contributed by atoms with Gasteiger partial charge in [0.25, 0.3) is 5.54 Å². The number of nitro groups is 1. The Bertz CT molecular complexity index is 669. The number of hydrogen-bond donors (Lipinski definition) is 2. The van der Waals surface area contributed by atoms with E-state index in [1.54, 1.807) is 36.4 Å². The van der Waals surface area contributed by atoms with E-state index in [1.165, 1.54) is 19.3 Å². The summed E-state index contributed by atoms with van der Waals surface area (Å²) in [5, 5.41) is 20.5. The lowest BCUT2D eigenvalue weighted by atomic mass is 9.83. The van der Waals surface area contributed by atoms with Gasteiger partial charge in [0.05, 0.1) is 13.5 Å². The second-order valence-corrected chi connectivity index (χ2v) is 5.80. The number of ether oxygens (including phenoxy) is 1. The molecule has 0 radical (unpaired) electrons. The normalized spacial score (nSPS) is 23.7. The van der Waals surface area contributed by atoms with E-state index < -0.39 is 17.6 Å². The number of nitrogens with two attached hydrogens (primary N) is 1. The number of carboxylic acid groups (broad SMARTS) is 1. The van der Waals surface area contributed by atoms with Crippen LogP contribution in [0.1, 0.15) is 12.0 Å². The van der Waals surface area contributed by atoms with Crippen LogP contribution in [0.2, 0.25) is 0 Å². The van der Waals surface area contributed by atoms with Crippen LogP contribution >= 0.6 is 0 Å². The SMILES string of the molecule is COc1ccccc1CC1([N+](=O)[O-])C=CC(CC(N)C(=O)O)C=C1. The molecule has 0 fully saturated rings. The van der Waals surface area contributed by atoms with Gasteiger partial charge in [0.15, 0.2) is 0 Å². The number of carboxylic acids is 1. The summed E-state index contributed by atoms with van der Waals surface area (Å²) in [7, 11) is 1.52. The van der Waals surface area contributed by atoms with Gasteiger partial charge in [-0.2, -0.15) is 0 Å². The third kappa shape index (κ3) is 3.80. The molecule has 0 aromatic heterocycles. The highest BCUT2D eigenvalue weighted by Gasteiger charge is 2.40. The molecular weight excluding hydrogens is 312 g/mol. The van der Waals surface area contributed by atoms with Crippen molar-refractivity contribution in [3.63, 3.8) is 0 Å². The summed E-state index contributed by atoms with van der Waals surface area (Å²) in [6, 6.07) is 6.15. The molecule has 3 N–H and O–H groups in total. The molecule has 128 valence electrons. The van der Waals surface area contributed by atoms with E-state index in [-0.39, 0.29) is 23.7 Å². The number of aliphatic carboxylic acids is 1. The molecule has 7 nitrogen and oxygen atoms in total. The molecule has 0 amide bonds. The van der Waals surface area contributed by atoms with Crippen molar-refractivity contribution < 1.29 is 19.6 Å². The Labute approximate surface area is 139 Å². The van der Waals surface area contributed by atoms with Gasteiger partial charge >= 0.3 is 5.97 Å². The smallest absolute Gasteiger partial charge is 0.320 e. The summed E-state index contributed by atoms with van der Waals surface area (Å²) in [5.41, 5.74) is 4.87. The first-order valence-electron chi connectivity index (χ1n) is 7.51. The highest BCUT2D eigenvalue weighted by Crippen LogP contribution is 2.31. The van der Waals surface area contributed by atoms with Crippen LogP contribution < -0.4 is 10.5 Å². The number of nitrogens with zero attached hydrogens (tertiary/aromatic N) is 1. The second-order valence-electron chi connectivity index (χ2n) is 5.80. The fourth-order valence-electron chi connectivity index (χ4n) is 2.71. The van der Waals surface area contributed by atoms with Gasteiger partial charge in [-0.25, -0.2) is 0 Å². The maximum absolute atomic E-state index is 11.7. The Kier molecular flexibility index (Phi) is 5.35. The molecule has 1 aromatic carbocycles. The highest BCUT2D eigenvalue weighted by atomic mass is 16.6. The van der Waals surface area contributed by atoms with Crippen molar-refractivity contribution in [2.45, 2.75) is 24.4 Å². The van der Waals surface area contributed by atoms with Crippen LogP contribution in [0.15, 0.2) is 48.6 Å². The standard InChI is InChI=1S/C17H20N2O5/c1-24-15-5-3-2-4-13(15)11-17(19(22)23)8-6-12(7-9-17)10-14(18)16(20)21/h2-9,12,14H,10-11,18H2,1H3,(H,20,21). The van der Waals surface area contributed by atoms with Crippen molar-refractivity contribution in [3.8, 4) is 5.75 Å². The lowest BCUT2D eigenvalue weighted by Gasteiger charge is -2.24. The number of carbonyl (C=O) groups is 1. The van der Waals surface area contributed by atoms with E-state index in [4.69, 9.17) is 15.6 Å². The maximum atomic E-state index is 11.7. The molecular formula is C17H20N2O5. The summed E-state index contributed by atoms with van der Waals surface area (Å²) in [6.45, 7) is 0. The number of methoxy groups -OCH3 is 1. The molecule has 1 atom stereocenters. The number of hydrogen-bond acceptors (Lipinski definition) is 5. The third-order valence-electron chi connectivity index (χ3n) is 4.11. The van der Waals surface area contributed by atoms with Crippen molar-refractivity contribution >= 4 is 5.97 Å².